The van der Waals surface area contributed by atoms with Crippen LogP contribution in [0.2, 0.25) is 10.0 Å². The molecule has 0 radical (unpaired) electrons. The quantitative estimate of drug-likeness (QED) is 0.739. The third-order valence-electron chi connectivity index (χ3n) is 4.84. The zero-order valence-electron chi connectivity index (χ0n) is 15.2. The summed E-state index contributed by atoms with van der Waals surface area (Å²) in [6.07, 6.45) is 0. The second-order valence-corrected chi connectivity index (χ2v) is 7.63. The Bertz CT molecular complexity index is 1030. The number of amides is 1. The van der Waals surface area contributed by atoms with Gasteiger partial charge in [-0.3, -0.25) is 14.4 Å². The second kappa shape index (κ2) is 7.41. The summed E-state index contributed by atoms with van der Waals surface area (Å²) < 4.78 is 0. The van der Waals surface area contributed by atoms with Gasteiger partial charge in [0.2, 0.25) is 0 Å². The van der Waals surface area contributed by atoms with Crippen molar-refractivity contribution < 1.29 is 19.5 Å². The topological polar surface area (TPSA) is 83.5 Å². The Labute approximate surface area is 172 Å². The molecule has 28 heavy (non-hydrogen) atoms. The van der Waals surface area contributed by atoms with Gasteiger partial charge in [-0.2, -0.15) is 0 Å². The highest BCUT2D eigenvalue weighted by Crippen LogP contribution is 2.44. The van der Waals surface area contributed by atoms with Gasteiger partial charge < -0.3 is 10.4 Å². The van der Waals surface area contributed by atoms with Crippen LogP contribution in [0.1, 0.15) is 30.5 Å². The molecule has 1 aliphatic carbocycles. The van der Waals surface area contributed by atoms with Crippen LogP contribution in [0.25, 0.3) is 5.76 Å². The Morgan fingerprint density at radius 1 is 1.07 bits per heavy atom. The average molecular weight is 418 g/mol. The zero-order chi connectivity index (χ0) is 20.6. The predicted octanol–water partition coefficient (Wildman–Crippen LogP) is 3.86. The summed E-state index contributed by atoms with van der Waals surface area (Å²) in [6, 6.07) is 11.5. The summed E-state index contributed by atoms with van der Waals surface area (Å²) >= 11 is 12.1. The van der Waals surface area contributed by atoms with Crippen molar-refractivity contribution >= 4 is 46.4 Å². The number of benzene rings is 2. The fraction of sp³-hybridized carbons (Fsp3) is 0.190. The first-order chi connectivity index (χ1) is 13.2. The van der Waals surface area contributed by atoms with Gasteiger partial charge in [-0.05, 0) is 49.2 Å². The lowest BCUT2D eigenvalue weighted by molar-refractivity contribution is -0.126. The summed E-state index contributed by atoms with van der Waals surface area (Å²) in [5.41, 5.74) is -0.245. The number of carbonyl (C=O) groups excluding carboxylic acids is 3. The van der Waals surface area contributed by atoms with Gasteiger partial charge in [0.15, 0.2) is 5.78 Å². The Kier molecular flexibility index (Phi) is 5.33. The normalized spacial score (nSPS) is 18.6. The molecule has 5 nitrogen and oxygen atoms in total. The maximum absolute atomic E-state index is 13.4. The number of aliphatic hydroxyl groups excluding tert-OH is 1. The molecule has 1 amide bonds. The summed E-state index contributed by atoms with van der Waals surface area (Å²) in [4.78, 5) is 37.3. The molecule has 0 heterocycles. The number of ketones is 2. The fourth-order valence-electron chi connectivity index (χ4n) is 3.34. The van der Waals surface area contributed by atoms with Crippen LogP contribution >= 0.6 is 23.2 Å². The average Bonchev–Trinajstić information content (AvgIpc) is 2.65. The number of aliphatic hydroxyl groups is 1. The lowest BCUT2D eigenvalue weighted by atomic mass is 9.66. The summed E-state index contributed by atoms with van der Waals surface area (Å²) in [6.45, 7) is 2.74. The van der Waals surface area contributed by atoms with Gasteiger partial charge >= 0.3 is 0 Å². The monoisotopic (exact) mass is 417 g/mol. The highest BCUT2D eigenvalue weighted by molar-refractivity contribution is 6.32. The lowest BCUT2D eigenvalue weighted by Crippen LogP contribution is -2.44. The van der Waals surface area contributed by atoms with Crippen molar-refractivity contribution in [3.8, 4) is 0 Å². The van der Waals surface area contributed by atoms with Gasteiger partial charge in [-0.1, -0.05) is 41.4 Å². The summed E-state index contributed by atoms with van der Waals surface area (Å²) in [7, 11) is 0. The van der Waals surface area contributed by atoms with Gasteiger partial charge in [0.1, 0.15) is 17.1 Å². The highest BCUT2D eigenvalue weighted by Gasteiger charge is 2.47. The Balaban J connectivity index is 2.23. The molecule has 0 saturated carbocycles. The number of hydrogen-bond donors (Lipinski definition) is 2. The predicted molar refractivity (Wildman–Crippen MR) is 108 cm³/mol. The number of nitrogens with one attached hydrogen (secondary N) is 1. The lowest BCUT2D eigenvalue weighted by Gasteiger charge is -2.35. The van der Waals surface area contributed by atoms with E-state index in [1.54, 1.807) is 43.3 Å². The highest BCUT2D eigenvalue weighted by atomic mass is 35.5. The maximum Gasteiger partial charge on any atom is 0.259 e. The van der Waals surface area contributed by atoms with E-state index in [1.807, 2.05) is 0 Å². The van der Waals surface area contributed by atoms with E-state index >= 15 is 0 Å². The van der Waals surface area contributed by atoms with E-state index < -0.39 is 28.4 Å². The van der Waals surface area contributed by atoms with Gasteiger partial charge in [0.05, 0.1) is 12.0 Å². The van der Waals surface area contributed by atoms with Crippen LogP contribution in [0.3, 0.4) is 0 Å². The molecule has 2 aromatic rings. The van der Waals surface area contributed by atoms with E-state index in [1.165, 1.54) is 13.0 Å². The first kappa shape index (κ1) is 20.1. The molecule has 0 fully saturated rings. The first-order valence-corrected chi connectivity index (χ1v) is 9.24. The van der Waals surface area contributed by atoms with Crippen molar-refractivity contribution in [1.29, 1.82) is 0 Å². The molecule has 144 valence electrons. The third-order valence-corrected chi connectivity index (χ3v) is 5.33. The minimum atomic E-state index is -1.25. The summed E-state index contributed by atoms with van der Waals surface area (Å²) in [5.74, 6) is -2.14. The zero-order valence-corrected chi connectivity index (χ0v) is 16.7. The maximum atomic E-state index is 13.4. The Morgan fingerprint density at radius 3 is 2.29 bits per heavy atom. The van der Waals surface area contributed by atoms with E-state index in [9.17, 15) is 19.5 Å². The molecule has 0 aromatic heterocycles. The second-order valence-electron chi connectivity index (χ2n) is 6.76. The molecule has 0 spiro atoms. The van der Waals surface area contributed by atoms with Gasteiger partial charge in [-0.25, -0.2) is 0 Å². The van der Waals surface area contributed by atoms with Gasteiger partial charge in [-0.15, -0.1) is 0 Å². The van der Waals surface area contributed by atoms with E-state index in [0.29, 0.717) is 21.2 Å². The van der Waals surface area contributed by atoms with Crippen molar-refractivity contribution in [2.24, 2.45) is 0 Å². The molecule has 1 unspecified atom stereocenters. The molecule has 2 aromatic carbocycles. The van der Waals surface area contributed by atoms with Crippen LogP contribution in [0.4, 0.5) is 0 Å². The third kappa shape index (κ3) is 3.32. The van der Waals surface area contributed by atoms with Crippen LogP contribution in [0.5, 0.6) is 0 Å². The number of hydrogen-bond acceptors (Lipinski definition) is 4. The number of carbonyl (C=O) groups is 3. The minimum absolute atomic E-state index is 0.247. The molecule has 0 aliphatic heterocycles. The molecule has 1 aliphatic rings. The van der Waals surface area contributed by atoms with E-state index in [-0.39, 0.29) is 17.9 Å². The van der Waals surface area contributed by atoms with Crippen LogP contribution in [-0.4, -0.2) is 29.1 Å². The van der Waals surface area contributed by atoms with E-state index in [0.717, 1.165) is 0 Å². The van der Waals surface area contributed by atoms with Crippen LogP contribution in [0, 0.1) is 0 Å². The van der Waals surface area contributed by atoms with Crippen molar-refractivity contribution in [2.45, 2.75) is 19.3 Å². The number of rotatable bonds is 4. The van der Waals surface area contributed by atoms with E-state index in [4.69, 9.17) is 23.2 Å². The number of halogens is 2. The smallest absolute Gasteiger partial charge is 0.259 e. The van der Waals surface area contributed by atoms with E-state index in [2.05, 4.69) is 5.32 Å². The van der Waals surface area contributed by atoms with Gasteiger partial charge in [0, 0.05) is 15.6 Å². The molecular weight excluding hydrogens is 401 g/mol. The number of Topliss-reactive ketones (excluding diaryl/α,β-unsaturated/α-hetero) is 2. The van der Waals surface area contributed by atoms with Crippen molar-refractivity contribution in [3.63, 3.8) is 0 Å². The largest absolute Gasteiger partial charge is 0.506 e. The molecule has 2 N–H and O–H groups in total. The van der Waals surface area contributed by atoms with Gasteiger partial charge in [0.25, 0.3) is 5.91 Å². The van der Waals surface area contributed by atoms with Crippen LogP contribution in [-0.2, 0) is 19.8 Å². The Morgan fingerprint density at radius 2 is 1.68 bits per heavy atom. The summed E-state index contributed by atoms with van der Waals surface area (Å²) in [5, 5.41) is 13.9. The first-order valence-electron chi connectivity index (χ1n) is 8.48. The minimum Gasteiger partial charge on any atom is -0.506 e. The molecular formula is C21H17Cl2NO4. The number of fused-ring (bicyclic) bond motifs is 1. The molecule has 1 atom stereocenters. The Hall–Kier alpha value is -2.63. The molecule has 0 bridgehead atoms. The van der Waals surface area contributed by atoms with Crippen LogP contribution in [0.15, 0.2) is 48.0 Å². The molecule has 0 saturated heterocycles. The molecule has 7 heteroatoms. The standard InChI is InChI=1S/C21H17Cl2NO4/c1-11(25)10-24-20(28)17-18(26)15-9-14(23)7-8-16(15)21(2,19(17)27)12-3-5-13(22)6-4-12/h3-9,26H,10H2,1-2H3,(H,24,28). The van der Waals surface area contributed by atoms with Crippen molar-refractivity contribution in [1.82, 2.24) is 5.32 Å². The van der Waals surface area contributed by atoms with Crippen LogP contribution < -0.4 is 5.32 Å². The van der Waals surface area contributed by atoms with Crippen molar-refractivity contribution in [2.75, 3.05) is 6.54 Å². The fourth-order valence-corrected chi connectivity index (χ4v) is 3.63. The molecule has 3 rings (SSSR count). The van der Waals surface area contributed by atoms with Crippen molar-refractivity contribution in [3.05, 3.63) is 74.8 Å². The SMILES string of the molecule is CC(=O)CNC(=O)C1=C(O)c2cc(Cl)ccc2C(C)(c2ccc(Cl)cc2)C1=O.